The Labute approximate surface area is 184 Å². The van der Waals surface area contributed by atoms with Gasteiger partial charge in [0.2, 0.25) is 0 Å². The van der Waals surface area contributed by atoms with E-state index in [1.807, 2.05) is 32.9 Å². The highest BCUT2D eigenvalue weighted by molar-refractivity contribution is 5.67. The van der Waals surface area contributed by atoms with Crippen molar-refractivity contribution in [3.8, 4) is 0 Å². The van der Waals surface area contributed by atoms with Crippen molar-refractivity contribution in [2.24, 2.45) is 5.92 Å². The van der Waals surface area contributed by atoms with E-state index in [0.29, 0.717) is 31.7 Å². The van der Waals surface area contributed by atoms with E-state index in [1.54, 1.807) is 19.2 Å². The van der Waals surface area contributed by atoms with Crippen LogP contribution in [0.15, 0.2) is 35.9 Å². The van der Waals surface area contributed by atoms with Crippen LogP contribution in [0.5, 0.6) is 0 Å². The molecule has 1 aromatic rings. The summed E-state index contributed by atoms with van der Waals surface area (Å²) < 4.78 is 17.4. The molecule has 7 nitrogen and oxygen atoms in total. The zero-order valence-electron chi connectivity index (χ0n) is 19.0. The Morgan fingerprint density at radius 3 is 2.65 bits per heavy atom. The van der Waals surface area contributed by atoms with Crippen molar-refractivity contribution < 1.29 is 24.1 Å². The maximum absolute atomic E-state index is 12.5. The quantitative estimate of drug-likeness (QED) is 0.329. The minimum Gasteiger partial charge on any atom is -0.443 e. The van der Waals surface area contributed by atoms with Crippen molar-refractivity contribution in [2.75, 3.05) is 19.5 Å². The molecule has 1 saturated carbocycles. The predicted octanol–water partition coefficient (Wildman–Crippen LogP) is 3.56. The Bertz CT molecular complexity index is 782. The van der Waals surface area contributed by atoms with Gasteiger partial charge in [0.15, 0.2) is 0 Å². The van der Waals surface area contributed by atoms with Crippen LogP contribution in [0.2, 0.25) is 0 Å². The number of aliphatic hydroxyl groups is 1. The van der Waals surface area contributed by atoms with Gasteiger partial charge in [0.25, 0.3) is 0 Å². The average molecular weight is 433 g/mol. The van der Waals surface area contributed by atoms with Crippen LogP contribution in [0.4, 0.5) is 10.5 Å². The first-order valence-electron chi connectivity index (χ1n) is 11.0. The number of carbonyl (C=O) groups is 1. The zero-order chi connectivity index (χ0) is 22.6. The molecule has 5 atom stereocenters. The first-order valence-corrected chi connectivity index (χ1v) is 11.0. The fourth-order valence-corrected chi connectivity index (χ4v) is 4.77. The molecule has 2 aliphatic rings. The molecule has 1 aliphatic heterocycles. The minimum absolute atomic E-state index is 0.279. The number of hydrogen-bond acceptors (Lipinski definition) is 6. The van der Waals surface area contributed by atoms with Crippen LogP contribution >= 0.6 is 0 Å². The summed E-state index contributed by atoms with van der Waals surface area (Å²) in [6.07, 6.45) is 3.44. The minimum atomic E-state index is -1.01. The highest BCUT2D eigenvalue weighted by atomic mass is 16.6. The van der Waals surface area contributed by atoms with Gasteiger partial charge in [0.05, 0.1) is 17.8 Å². The molecule has 1 unspecified atom stereocenters. The van der Waals surface area contributed by atoms with Crippen LogP contribution < -0.4 is 11.1 Å². The van der Waals surface area contributed by atoms with E-state index in [4.69, 9.17) is 19.9 Å². The summed E-state index contributed by atoms with van der Waals surface area (Å²) in [7, 11) is 1.61. The number of rotatable bonds is 8. The number of alkyl carbamates (subject to hydrolysis) is 1. The maximum atomic E-state index is 12.5. The lowest BCUT2D eigenvalue weighted by molar-refractivity contribution is -0.164. The van der Waals surface area contributed by atoms with Gasteiger partial charge in [-0.3, -0.25) is 0 Å². The third kappa shape index (κ3) is 5.79. The van der Waals surface area contributed by atoms with Gasteiger partial charge >= 0.3 is 6.09 Å². The molecule has 1 aromatic carbocycles. The molecule has 2 fully saturated rings. The number of benzene rings is 1. The average Bonchev–Trinajstić information content (AvgIpc) is 3.47. The van der Waals surface area contributed by atoms with E-state index in [2.05, 4.69) is 11.4 Å². The highest BCUT2D eigenvalue weighted by Crippen LogP contribution is 2.52. The molecule has 172 valence electrons. The van der Waals surface area contributed by atoms with Crippen LogP contribution in [0.25, 0.3) is 0 Å². The fourth-order valence-electron chi connectivity index (χ4n) is 4.77. The van der Waals surface area contributed by atoms with Gasteiger partial charge in [-0.05, 0) is 64.2 Å². The van der Waals surface area contributed by atoms with Gasteiger partial charge in [-0.2, -0.15) is 0 Å². The molecule has 0 aromatic heterocycles. The molecule has 3 rings (SSSR count). The first kappa shape index (κ1) is 23.6. The Kier molecular flexibility index (Phi) is 7.29. The van der Waals surface area contributed by atoms with E-state index < -0.39 is 29.5 Å². The smallest absolute Gasteiger partial charge is 0.407 e. The molecule has 0 bridgehead atoms. The molecule has 7 heteroatoms. The lowest BCUT2D eigenvalue weighted by Gasteiger charge is -2.47. The fraction of sp³-hybridized carbons (Fsp3) is 0.625. The Balaban J connectivity index is 1.65. The summed E-state index contributed by atoms with van der Waals surface area (Å²) >= 11 is 0. The van der Waals surface area contributed by atoms with Crippen LogP contribution in [0.1, 0.15) is 52.0 Å². The van der Waals surface area contributed by atoms with Crippen LogP contribution in [0.3, 0.4) is 0 Å². The number of allylic oxidation sites excluding steroid dienone is 2. The number of anilines is 1. The van der Waals surface area contributed by atoms with Crippen molar-refractivity contribution in [1.82, 2.24) is 5.32 Å². The molecule has 0 radical (unpaired) electrons. The van der Waals surface area contributed by atoms with Crippen molar-refractivity contribution >= 4 is 11.8 Å². The normalized spacial score (nSPS) is 29.1. The summed E-state index contributed by atoms with van der Waals surface area (Å²) in [5.41, 5.74) is 7.13. The van der Waals surface area contributed by atoms with Gasteiger partial charge in [-0.25, -0.2) is 4.79 Å². The van der Waals surface area contributed by atoms with Crippen LogP contribution in [0, 0.1) is 5.92 Å². The van der Waals surface area contributed by atoms with Gasteiger partial charge < -0.3 is 30.4 Å². The molecule has 1 heterocycles. The summed E-state index contributed by atoms with van der Waals surface area (Å²) in [4.78, 5) is 12.5. The van der Waals surface area contributed by atoms with Gasteiger partial charge in [-0.15, -0.1) is 0 Å². The summed E-state index contributed by atoms with van der Waals surface area (Å²) in [6.45, 7) is 6.89. The number of nitrogens with two attached hydrogens (primary N) is 1. The second-order valence-corrected chi connectivity index (χ2v) is 9.29. The maximum Gasteiger partial charge on any atom is 0.407 e. The molecular weight excluding hydrogens is 396 g/mol. The molecule has 1 amide bonds. The predicted molar refractivity (Wildman–Crippen MR) is 119 cm³/mol. The lowest BCUT2D eigenvalue weighted by Crippen LogP contribution is -2.59. The summed E-state index contributed by atoms with van der Waals surface area (Å²) in [5, 5.41) is 14.2. The van der Waals surface area contributed by atoms with E-state index in [9.17, 15) is 9.90 Å². The third-order valence-electron chi connectivity index (χ3n) is 6.45. The number of amides is 1. The van der Waals surface area contributed by atoms with Crippen molar-refractivity contribution in [1.29, 1.82) is 0 Å². The Morgan fingerprint density at radius 1 is 1.39 bits per heavy atom. The van der Waals surface area contributed by atoms with E-state index in [-0.39, 0.29) is 5.92 Å². The SMILES string of the molecule is CO[C@H]1[C@H](C(C)(O)CCC=C(C)C)[C@]2(CC[C@H]1OC(=O)NCc1ccc(N)cc1)CO2. The molecule has 1 saturated heterocycles. The second-order valence-electron chi connectivity index (χ2n) is 9.29. The van der Waals surface area contributed by atoms with E-state index in [1.165, 1.54) is 5.57 Å². The third-order valence-corrected chi connectivity index (χ3v) is 6.45. The molecule has 31 heavy (non-hydrogen) atoms. The first-order chi connectivity index (χ1) is 14.7. The van der Waals surface area contributed by atoms with Crippen LogP contribution in [-0.4, -0.2) is 48.3 Å². The van der Waals surface area contributed by atoms with E-state index in [0.717, 1.165) is 18.4 Å². The van der Waals surface area contributed by atoms with Crippen LogP contribution in [-0.2, 0) is 20.8 Å². The number of nitrogen functional groups attached to an aromatic ring is 1. The Morgan fingerprint density at radius 2 is 2.06 bits per heavy atom. The number of carbonyl (C=O) groups excluding carboxylic acids is 1. The number of epoxide rings is 1. The molecular formula is C24H36N2O5. The summed E-state index contributed by atoms with van der Waals surface area (Å²) in [5.74, 6) is -0.279. The standard InChI is InChI=1S/C24H36N2O5/c1-16(2)6-5-12-23(3,28)21-20(29-4)19(11-13-24(21)15-30-24)31-22(27)26-14-17-7-9-18(25)10-8-17/h6-10,19-21,28H,5,11-15,25H2,1-4H3,(H,26,27)/t19-,20-,21-,23?,24+/m1/s1. The number of methoxy groups -OCH3 is 1. The topological polar surface area (TPSA) is 106 Å². The molecule has 1 spiro atoms. The lowest BCUT2D eigenvalue weighted by atomic mass is 9.66. The number of nitrogens with one attached hydrogen (secondary N) is 1. The van der Waals surface area contributed by atoms with E-state index >= 15 is 0 Å². The van der Waals surface area contributed by atoms with Crippen molar-refractivity contribution in [3.63, 3.8) is 0 Å². The second kappa shape index (κ2) is 9.59. The summed E-state index contributed by atoms with van der Waals surface area (Å²) in [6, 6.07) is 7.31. The molecule has 1 aliphatic carbocycles. The number of hydrogen-bond donors (Lipinski definition) is 3. The largest absolute Gasteiger partial charge is 0.443 e. The van der Waals surface area contributed by atoms with Gasteiger partial charge in [-0.1, -0.05) is 23.8 Å². The monoisotopic (exact) mass is 432 g/mol. The number of ether oxygens (including phenoxy) is 3. The van der Waals surface area contributed by atoms with Gasteiger partial charge in [0, 0.05) is 25.3 Å². The zero-order valence-corrected chi connectivity index (χ0v) is 19.0. The van der Waals surface area contributed by atoms with Gasteiger partial charge in [0.1, 0.15) is 12.2 Å². The highest BCUT2D eigenvalue weighted by Gasteiger charge is 2.64. The van der Waals surface area contributed by atoms with Crippen molar-refractivity contribution in [3.05, 3.63) is 41.5 Å². The molecule has 4 N–H and O–H groups in total. The van der Waals surface area contributed by atoms with Crippen molar-refractivity contribution in [2.45, 2.75) is 76.4 Å². The Hall–Kier alpha value is -2.09.